The highest BCUT2D eigenvalue weighted by Crippen LogP contribution is 2.22. The van der Waals surface area contributed by atoms with E-state index < -0.39 is 0 Å². The van der Waals surface area contributed by atoms with E-state index in [0.717, 1.165) is 53.0 Å². The second-order valence-electron chi connectivity index (χ2n) is 8.01. The van der Waals surface area contributed by atoms with Crippen LogP contribution in [0.15, 0.2) is 83.0 Å². The number of imidazole rings is 1. The van der Waals surface area contributed by atoms with Gasteiger partial charge in [0.25, 0.3) is 0 Å². The predicted octanol–water partition coefficient (Wildman–Crippen LogP) is 4.15. The molecule has 0 spiro atoms. The molecule has 0 atom stereocenters. The summed E-state index contributed by atoms with van der Waals surface area (Å²) in [7, 11) is 1.61. The maximum atomic E-state index is 11.9. The number of H-pyrrole nitrogens is 1. The normalized spacial score (nSPS) is 11.0. The Kier molecular flexibility index (Phi) is 8.83. The molecule has 0 aliphatic heterocycles. The number of benzene rings is 2. The first-order chi connectivity index (χ1) is 17.0. The van der Waals surface area contributed by atoms with Crippen molar-refractivity contribution in [3.8, 4) is 22.7 Å². The molecule has 0 unspecified atom stereocenters. The highest BCUT2D eigenvalue weighted by molar-refractivity contribution is 6.02. The molecular weight excluding hydrogens is 440 g/mol. The summed E-state index contributed by atoms with van der Waals surface area (Å²) in [5.41, 5.74) is 11.1. The molecule has 0 bridgehead atoms. The van der Waals surface area contributed by atoms with Crippen molar-refractivity contribution in [2.75, 3.05) is 7.11 Å². The third-order valence-electron chi connectivity index (χ3n) is 5.45. The summed E-state index contributed by atoms with van der Waals surface area (Å²) in [5.74, 6) is 6.22. The Morgan fingerprint density at radius 2 is 1.86 bits per heavy atom. The fourth-order valence-electron chi connectivity index (χ4n) is 3.57. The smallest absolute Gasteiger partial charge is 0.330 e. The lowest BCUT2D eigenvalue weighted by atomic mass is 10.0. The average molecular weight is 473 g/mol. The molecule has 0 radical (unpaired) electrons. The van der Waals surface area contributed by atoms with Crippen LogP contribution in [0.4, 0.5) is 0 Å². The average Bonchev–Trinajstić information content (AvgIpc) is 3.27. The SMILES string of the molecule is CCCCc1cn(-c2ccccc2OC)c(=O)[nH]1.Cc1ccc(-c2ccccc2/C(N)=N/N)nc1. The lowest BCUT2D eigenvalue weighted by Crippen LogP contribution is -2.16. The number of pyridine rings is 1. The van der Waals surface area contributed by atoms with Gasteiger partial charge in [-0.25, -0.2) is 4.79 Å². The van der Waals surface area contributed by atoms with Gasteiger partial charge in [-0.3, -0.25) is 9.55 Å². The highest BCUT2D eigenvalue weighted by Gasteiger charge is 2.10. The van der Waals surface area contributed by atoms with Gasteiger partial charge in [0.1, 0.15) is 5.75 Å². The minimum Gasteiger partial charge on any atom is -0.495 e. The maximum Gasteiger partial charge on any atom is 0.330 e. The van der Waals surface area contributed by atoms with Crippen LogP contribution in [-0.2, 0) is 6.42 Å². The Bertz CT molecular complexity index is 1320. The Morgan fingerprint density at radius 1 is 1.11 bits per heavy atom. The Balaban J connectivity index is 0.000000196. The zero-order valence-corrected chi connectivity index (χ0v) is 20.4. The van der Waals surface area contributed by atoms with E-state index in [0.29, 0.717) is 11.6 Å². The number of aromatic amines is 1. The minimum absolute atomic E-state index is 0.120. The molecule has 5 N–H and O–H groups in total. The number of nitrogens with zero attached hydrogens (tertiary/aromatic N) is 3. The van der Waals surface area contributed by atoms with E-state index in [-0.39, 0.29) is 5.69 Å². The molecule has 4 aromatic rings. The van der Waals surface area contributed by atoms with Crippen molar-refractivity contribution in [1.82, 2.24) is 14.5 Å². The van der Waals surface area contributed by atoms with Crippen LogP contribution in [-0.4, -0.2) is 27.5 Å². The number of aromatic nitrogens is 3. The van der Waals surface area contributed by atoms with Gasteiger partial charge < -0.3 is 21.3 Å². The van der Waals surface area contributed by atoms with Crippen LogP contribution in [0.5, 0.6) is 5.75 Å². The lowest BCUT2D eigenvalue weighted by Gasteiger charge is -2.07. The molecule has 2 heterocycles. The zero-order chi connectivity index (χ0) is 25.2. The molecular formula is C27H32N6O2. The second-order valence-corrected chi connectivity index (χ2v) is 8.01. The number of amidine groups is 1. The molecule has 0 aliphatic carbocycles. The number of hydrogen-bond donors (Lipinski definition) is 3. The number of nitrogens with one attached hydrogen (secondary N) is 1. The fraction of sp³-hybridized carbons (Fsp3) is 0.222. The topological polar surface area (TPSA) is 124 Å². The van der Waals surface area contributed by atoms with E-state index in [1.165, 1.54) is 0 Å². The molecule has 0 saturated carbocycles. The van der Waals surface area contributed by atoms with Crippen LogP contribution in [0, 0.1) is 6.92 Å². The minimum atomic E-state index is -0.120. The van der Waals surface area contributed by atoms with Crippen LogP contribution in [0.1, 0.15) is 36.6 Å². The number of nitrogens with two attached hydrogens (primary N) is 2. The number of para-hydroxylation sites is 2. The van der Waals surface area contributed by atoms with Crippen molar-refractivity contribution >= 4 is 5.84 Å². The summed E-state index contributed by atoms with van der Waals surface area (Å²) in [5, 5.41) is 3.53. The van der Waals surface area contributed by atoms with Crippen molar-refractivity contribution in [2.45, 2.75) is 33.1 Å². The summed E-state index contributed by atoms with van der Waals surface area (Å²) in [4.78, 5) is 19.2. The second kappa shape index (κ2) is 12.2. The van der Waals surface area contributed by atoms with Crippen LogP contribution in [0.2, 0.25) is 0 Å². The Hall–Kier alpha value is -4.33. The maximum absolute atomic E-state index is 11.9. The number of unbranched alkanes of at least 4 members (excludes halogenated alkanes) is 1. The summed E-state index contributed by atoms with van der Waals surface area (Å²) in [6, 6.07) is 19.1. The first kappa shape index (κ1) is 25.3. The van der Waals surface area contributed by atoms with Crippen molar-refractivity contribution < 1.29 is 4.74 Å². The summed E-state index contributed by atoms with van der Waals surface area (Å²) >= 11 is 0. The van der Waals surface area contributed by atoms with E-state index in [1.807, 2.05) is 80.0 Å². The monoisotopic (exact) mass is 472 g/mol. The van der Waals surface area contributed by atoms with E-state index in [9.17, 15) is 4.79 Å². The van der Waals surface area contributed by atoms with Crippen LogP contribution >= 0.6 is 0 Å². The van der Waals surface area contributed by atoms with Crippen molar-refractivity contribution in [3.05, 3.63) is 100 Å². The molecule has 0 amide bonds. The predicted molar refractivity (Wildman–Crippen MR) is 141 cm³/mol. The van der Waals surface area contributed by atoms with Crippen LogP contribution in [0.3, 0.4) is 0 Å². The van der Waals surface area contributed by atoms with Gasteiger partial charge in [0.2, 0.25) is 0 Å². The van der Waals surface area contributed by atoms with Gasteiger partial charge in [-0.2, -0.15) is 5.10 Å². The molecule has 0 aliphatic rings. The summed E-state index contributed by atoms with van der Waals surface area (Å²) < 4.78 is 6.87. The first-order valence-corrected chi connectivity index (χ1v) is 11.5. The van der Waals surface area contributed by atoms with Crippen LogP contribution in [0.25, 0.3) is 16.9 Å². The van der Waals surface area contributed by atoms with Gasteiger partial charge >= 0.3 is 5.69 Å². The number of hydrazone groups is 1. The number of ether oxygens (including phenoxy) is 1. The van der Waals surface area contributed by atoms with Gasteiger partial charge in [-0.1, -0.05) is 55.8 Å². The van der Waals surface area contributed by atoms with E-state index >= 15 is 0 Å². The molecule has 0 fully saturated rings. The molecule has 2 aromatic carbocycles. The lowest BCUT2D eigenvalue weighted by molar-refractivity contribution is 0.412. The third-order valence-corrected chi connectivity index (χ3v) is 5.45. The van der Waals surface area contributed by atoms with Gasteiger partial charge in [-0.05, 0) is 43.5 Å². The number of aryl methyl sites for hydroxylation is 2. The van der Waals surface area contributed by atoms with E-state index in [2.05, 4.69) is 22.0 Å². The Morgan fingerprint density at radius 3 is 2.54 bits per heavy atom. The van der Waals surface area contributed by atoms with Crippen molar-refractivity contribution in [2.24, 2.45) is 16.7 Å². The zero-order valence-electron chi connectivity index (χ0n) is 20.4. The summed E-state index contributed by atoms with van der Waals surface area (Å²) in [6.45, 7) is 4.13. The van der Waals surface area contributed by atoms with Gasteiger partial charge in [0.05, 0.1) is 18.5 Å². The quantitative estimate of drug-likeness (QED) is 0.161. The molecule has 4 rings (SSSR count). The van der Waals surface area contributed by atoms with Gasteiger partial charge in [0.15, 0.2) is 5.84 Å². The molecule has 35 heavy (non-hydrogen) atoms. The van der Waals surface area contributed by atoms with E-state index in [4.69, 9.17) is 16.3 Å². The highest BCUT2D eigenvalue weighted by atomic mass is 16.5. The molecule has 0 saturated heterocycles. The standard InChI is InChI=1S/C14H18N2O2.C13H14N4/c1-3-4-7-11-10-16(14(17)15-11)12-8-5-6-9-13(12)18-2;1-9-6-7-12(16-8-9)10-4-2-3-5-11(10)13(14)17-15/h5-6,8-10H,3-4,7H2,1-2H3,(H,15,17);2-8H,15H2,1H3,(H2,14,17). The van der Waals surface area contributed by atoms with Crippen LogP contribution < -0.4 is 22.0 Å². The fourth-order valence-corrected chi connectivity index (χ4v) is 3.57. The van der Waals surface area contributed by atoms with Gasteiger partial charge in [-0.15, -0.1) is 0 Å². The Labute approximate surface area is 205 Å². The largest absolute Gasteiger partial charge is 0.495 e. The number of hydrogen-bond acceptors (Lipinski definition) is 5. The first-order valence-electron chi connectivity index (χ1n) is 11.5. The molecule has 2 aromatic heterocycles. The summed E-state index contributed by atoms with van der Waals surface area (Å²) in [6.07, 6.45) is 6.76. The van der Waals surface area contributed by atoms with Crippen molar-refractivity contribution in [1.29, 1.82) is 0 Å². The third kappa shape index (κ3) is 6.38. The van der Waals surface area contributed by atoms with Gasteiger partial charge in [0, 0.05) is 29.2 Å². The van der Waals surface area contributed by atoms with Crippen molar-refractivity contribution in [3.63, 3.8) is 0 Å². The number of methoxy groups -OCH3 is 1. The molecule has 182 valence electrons. The van der Waals surface area contributed by atoms with E-state index in [1.54, 1.807) is 11.7 Å². The number of rotatable bonds is 7. The molecule has 8 nitrogen and oxygen atoms in total. The molecule has 8 heteroatoms.